The predicted molar refractivity (Wildman–Crippen MR) is 83.5 cm³/mol. The van der Waals surface area contributed by atoms with Crippen LogP contribution in [0.1, 0.15) is 5.56 Å². The summed E-state index contributed by atoms with van der Waals surface area (Å²) in [5, 5.41) is 10.7. The van der Waals surface area contributed by atoms with Gasteiger partial charge in [0.25, 0.3) is 0 Å². The van der Waals surface area contributed by atoms with Gasteiger partial charge in [-0.2, -0.15) is 5.10 Å². The van der Waals surface area contributed by atoms with Crippen LogP contribution >= 0.6 is 12.2 Å². The first-order chi connectivity index (χ1) is 9.20. The van der Waals surface area contributed by atoms with Crippen molar-refractivity contribution in [2.24, 2.45) is 5.10 Å². The van der Waals surface area contributed by atoms with Gasteiger partial charge in [-0.25, -0.2) is 0 Å². The molecule has 0 spiro atoms. The lowest BCUT2D eigenvalue weighted by molar-refractivity contribution is 0.253. The van der Waals surface area contributed by atoms with Crippen LogP contribution in [0, 0.1) is 0 Å². The standard InChI is InChI=1S/C15H15N3S/c1-17-14(10-19)18(2)16-15(17)13-8-7-11-5-3-4-6-12(11)9-13/h3-10,14H,1-2H3. The quantitative estimate of drug-likeness (QED) is 0.781. The van der Waals surface area contributed by atoms with Gasteiger partial charge >= 0.3 is 0 Å². The Bertz CT molecular complexity index is 665. The fourth-order valence-electron chi connectivity index (χ4n) is 2.42. The molecule has 2 aromatic carbocycles. The molecule has 1 aliphatic rings. The molecule has 3 rings (SSSR count). The summed E-state index contributed by atoms with van der Waals surface area (Å²) in [5.41, 5.74) is 1.12. The number of hydrogen-bond acceptors (Lipinski definition) is 4. The Labute approximate surface area is 118 Å². The second kappa shape index (κ2) is 4.63. The van der Waals surface area contributed by atoms with Gasteiger partial charge < -0.3 is 4.90 Å². The Morgan fingerprint density at radius 3 is 2.53 bits per heavy atom. The molecular formula is C15H15N3S. The number of amidine groups is 1. The van der Waals surface area contributed by atoms with Crippen LogP contribution in [-0.4, -0.2) is 41.4 Å². The van der Waals surface area contributed by atoms with Crippen LogP contribution < -0.4 is 0 Å². The first kappa shape index (κ1) is 12.1. The van der Waals surface area contributed by atoms with Crippen LogP contribution in [0.15, 0.2) is 47.6 Å². The fraction of sp³-hybridized carbons (Fsp3) is 0.200. The lowest BCUT2D eigenvalue weighted by atomic mass is 10.1. The van der Waals surface area contributed by atoms with E-state index in [2.05, 4.69) is 52.5 Å². The summed E-state index contributed by atoms with van der Waals surface area (Å²) in [6, 6.07) is 14.8. The van der Waals surface area contributed by atoms with E-state index in [1.54, 1.807) is 5.37 Å². The summed E-state index contributed by atoms with van der Waals surface area (Å²) in [7, 11) is 3.96. The van der Waals surface area contributed by atoms with Gasteiger partial charge in [0.1, 0.15) is 6.17 Å². The maximum absolute atomic E-state index is 5.06. The van der Waals surface area contributed by atoms with Gasteiger partial charge in [0.2, 0.25) is 0 Å². The van der Waals surface area contributed by atoms with E-state index in [9.17, 15) is 0 Å². The number of thiocarbonyl (C=S) groups is 1. The highest BCUT2D eigenvalue weighted by atomic mass is 32.1. The molecule has 0 saturated carbocycles. The van der Waals surface area contributed by atoms with E-state index >= 15 is 0 Å². The molecular weight excluding hydrogens is 254 g/mol. The van der Waals surface area contributed by atoms with Gasteiger partial charge in [-0.05, 0) is 16.8 Å². The summed E-state index contributed by atoms with van der Waals surface area (Å²) in [6.07, 6.45) is 0.0523. The Balaban J connectivity index is 2.05. The fourth-order valence-corrected chi connectivity index (χ4v) is 2.78. The molecule has 3 nitrogen and oxygen atoms in total. The Morgan fingerprint density at radius 1 is 1.11 bits per heavy atom. The Kier molecular flexibility index (Phi) is 2.95. The number of hydrazone groups is 1. The smallest absolute Gasteiger partial charge is 0.157 e. The molecule has 0 bridgehead atoms. The highest BCUT2D eigenvalue weighted by molar-refractivity contribution is 7.79. The number of benzene rings is 2. The lowest BCUT2D eigenvalue weighted by Gasteiger charge is -2.22. The highest BCUT2D eigenvalue weighted by Gasteiger charge is 2.27. The molecule has 0 saturated heterocycles. The van der Waals surface area contributed by atoms with E-state index in [0.29, 0.717) is 0 Å². The number of hydrogen-bond donors (Lipinski definition) is 0. The molecule has 0 radical (unpaired) electrons. The first-order valence-electron chi connectivity index (χ1n) is 6.19. The largest absolute Gasteiger partial charge is 0.332 e. The summed E-state index contributed by atoms with van der Waals surface area (Å²) in [4.78, 5) is 2.09. The third-order valence-electron chi connectivity index (χ3n) is 3.50. The number of nitrogens with zero attached hydrogens (tertiary/aromatic N) is 3. The molecule has 0 aliphatic carbocycles. The molecule has 2 aromatic rings. The van der Waals surface area contributed by atoms with E-state index in [-0.39, 0.29) is 6.17 Å². The van der Waals surface area contributed by atoms with Crippen molar-refractivity contribution in [2.45, 2.75) is 6.17 Å². The summed E-state index contributed by atoms with van der Waals surface area (Å²) in [6.45, 7) is 0. The minimum atomic E-state index is 0.0523. The van der Waals surface area contributed by atoms with E-state index in [4.69, 9.17) is 12.2 Å². The van der Waals surface area contributed by atoms with Gasteiger partial charge in [-0.15, -0.1) is 0 Å². The molecule has 1 atom stereocenters. The normalized spacial score (nSPS) is 18.8. The molecule has 4 heteroatoms. The second-order valence-corrected chi connectivity index (χ2v) is 4.99. The molecule has 0 aromatic heterocycles. The topological polar surface area (TPSA) is 18.8 Å². The lowest BCUT2D eigenvalue weighted by Crippen LogP contribution is -2.38. The van der Waals surface area contributed by atoms with Crippen molar-refractivity contribution in [3.05, 3.63) is 48.0 Å². The molecule has 0 fully saturated rings. The monoisotopic (exact) mass is 269 g/mol. The van der Waals surface area contributed by atoms with Crippen LogP contribution in [0.25, 0.3) is 10.8 Å². The third-order valence-corrected chi connectivity index (χ3v) is 3.74. The molecule has 19 heavy (non-hydrogen) atoms. The van der Waals surface area contributed by atoms with E-state index in [0.717, 1.165) is 11.4 Å². The summed E-state index contributed by atoms with van der Waals surface area (Å²) >= 11 is 5.06. The summed E-state index contributed by atoms with van der Waals surface area (Å²) < 4.78 is 0. The molecule has 1 aliphatic heterocycles. The van der Waals surface area contributed by atoms with Gasteiger partial charge in [0, 0.05) is 25.0 Å². The van der Waals surface area contributed by atoms with Crippen molar-refractivity contribution < 1.29 is 0 Å². The first-order valence-corrected chi connectivity index (χ1v) is 6.66. The van der Waals surface area contributed by atoms with E-state index in [1.165, 1.54) is 10.8 Å². The molecule has 96 valence electrons. The molecule has 0 N–H and O–H groups in total. The van der Waals surface area contributed by atoms with E-state index < -0.39 is 0 Å². The van der Waals surface area contributed by atoms with E-state index in [1.807, 2.05) is 19.1 Å². The predicted octanol–water partition coefficient (Wildman–Crippen LogP) is 2.70. The van der Waals surface area contributed by atoms with Crippen LogP contribution in [0.5, 0.6) is 0 Å². The average Bonchev–Trinajstić information content (AvgIpc) is 2.73. The molecule has 1 heterocycles. The van der Waals surface area contributed by atoms with Crippen molar-refractivity contribution in [2.75, 3.05) is 14.1 Å². The zero-order valence-electron chi connectivity index (χ0n) is 10.9. The SMILES string of the molecule is CN1N=C(c2ccc3ccccc3c2)N(C)C1C=S. The zero-order valence-corrected chi connectivity index (χ0v) is 11.8. The van der Waals surface area contributed by atoms with Crippen molar-refractivity contribution in [3.63, 3.8) is 0 Å². The van der Waals surface area contributed by atoms with Crippen molar-refractivity contribution >= 4 is 34.2 Å². The molecule has 0 amide bonds. The van der Waals surface area contributed by atoms with Gasteiger partial charge in [0.15, 0.2) is 5.84 Å². The van der Waals surface area contributed by atoms with Crippen molar-refractivity contribution in [1.29, 1.82) is 0 Å². The van der Waals surface area contributed by atoms with Gasteiger partial charge in [-0.3, -0.25) is 5.01 Å². The summed E-state index contributed by atoms with van der Waals surface area (Å²) in [5.74, 6) is 0.958. The van der Waals surface area contributed by atoms with Crippen LogP contribution in [0.2, 0.25) is 0 Å². The van der Waals surface area contributed by atoms with Crippen molar-refractivity contribution in [3.8, 4) is 0 Å². The zero-order chi connectivity index (χ0) is 13.4. The van der Waals surface area contributed by atoms with Crippen LogP contribution in [0.4, 0.5) is 0 Å². The third kappa shape index (κ3) is 1.98. The Morgan fingerprint density at radius 2 is 1.84 bits per heavy atom. The van der Waals surface area contributed by atoms with Crippen LogP contribution in [0.3, 0.4) is 0 Å². The maximum atomic E-state index is 5.06. The minimum Gasteiger partial charge on any atom is -0.332 e. The highest BCUT2D eigenvalue weighted by Crippen LogP contribution is 2.21. The van der Waals surface area contributed by atoms with Crippen LogP contribution in [-0.2, 0) is 0 Å². The molecule has 1 unspecified atom stereocenters. The van der Waals surface area contributed by atoms with Crippen molar-refractivity contribution in [1.82, 2.24) is 9.91 Å². The average molecular weight is 269 g/mol. The number of rotatable bonds is 2. The van der Waals surface area contributed by atoms with Gasteiger partial charge in [-0.1, -0.05) is 48.6 Å². The maximum Gasteiger partial charge on any atom is 0.157 e. The van der Waals surface area contributed by atoms with Gasteiger partial charge in [0.05, 0.1) is 0 Å². The Hall–Kier alpha value is -1.94. The number of fused-ring (bicyclic) bond motifs is 1. The second-order valence-electron chi connectivity index (χ2n) is 4.72. The minimum absolute atomic E-state index is 0.0523.